The van der Waals surface area contributed by atoms with Crippen LogP contribution >= 0.6 is 11.6 Å². The molecule has 0 radical (unpaired) electrons. The van der Waals surface area contributed by atoms with Crippen molar-refractivity contribution in [3.05, 3.63) is 34.7 Å². The molecule has 0 aromatic carbocycles. The molecule has 2 rings (SSSR count). The third-order valence-electron chi connectivity index (χ3n) is 3.04. The van der Waals surface area contributed by atoms with Gasteiger partial charge in [0.2, 0.25) is 10.0 Å². The van der Waals surface area contributed by atoms with Gasteiger partial charge in [-0.15, -0.1) is 0 Å². The van der Waals surface area contributed by atoms with E-state index in [-0.39, 0.29) is 21.8 Å². The number of rotatable bonds is 5. The molecule has 0 aliphatic rings. The second kappa shape index (κ2) is 6.23. The van der Waals surface area contributed by atoms with Crippen molar-refractivity contribution in [2.24, 2.45) is 0 Å². The molecular weight excluding hydrogens is 326 g/mol. The lowest BCUT2D eigenvalue weighted by atomic mass is 10.3. The van der Waals surface area contributed by atoms with Crippen LogP contribution in [0, 0.1) is 13.8 Å². The van der Waals surface area contributed by atoms with Crippen molar-refractivity contribution in [2.45, 2.75) is 38.3 Å². The lowest BCUT2D eigenvalue weighted by Gasteiger charge is -2.16. The van der Waals surface area contributed by atoms with Gasteiger partial charge in [0.25, 0.3) is 0 Å². The summed E-state index contributed by atoms with van der Waals surface area (Å²) in [5.41, 5.74) is 7.48. The molecule has 7 nitrogen and oxygen atoms in total. The maximum absolute atomic E-state index is 12.4. The summed E-state index contributed by atoms with van der Waals surface area (Å²) in [6.07, 6.45) is 1.30. The predicted molar refractivity (Wildman–Crippen MR) is 85.1 cm³/mol. The largest absolute Gasteiger partial charge is 0.383 e. The second-order valence-corrected chi connectivity index (χ2v) is 7.29. The molecule has 120 valence electrons. The molecule has 2 aromatic rings. The molecule has 3 N–H and O–H groups in total. The molecule has 9 heteroatoms. The molecule has 1 atom stereocenters. The molecule has 2 aromatic heterocycles. The Morgan fingerprint density at radius 3 is 2.68 bits per heavy atom. The maximum atomic E-state index is 12.4. The van der Waals surface area contributed by atoms with Gasteiger partial charge in [0.1, 0.15) is 10.7 Å². The highest BCUT2D eigenvalue weighted by Gasteiger charge is 2.22. The van der Waals surface area contributed by atoms with Crippen LogP contribution in [0.2, 0.25) is 5.02 Å². The number of aryl methyl sites for hydroxylation is 2. The number of nitrogens with two attached hydrogens (primary N) is 1. The molecule has 22 heavy (non-hydrogen) atoms. The lowest BCUT2D eigenvalue weighted by Crippen LogP contribution is -2.36. The average Bonchev–Trinajstić information content (AvgIpc) is 2.69. The molecule has 0 saturated carbocycles. The first-order valence-electron chi connectivity index (χ1n) is 6.63. The summed E-state index contributed by atoms with van der Waals surface area (Å²) in [4.78, 5) is 3.64. The van der Waals surface area contributed by atoms with E-state index >= 15 is 0 Å². The number of hydrogen-bond donors (Lipinski definition) is 2. The first-order chi connectivity index (χ1) is 10.2. The minimum absolute atomic E-state index is 0.0878. The van der Waals surface area contributed by atoms with Gasteiger partial charge in [-0.2, -0.15) is 5.10 Å². The van der Waals surface area contributed by atoms with Gasteiger partial charge in [0.15, 0.2) is 0 Å². The first-order valence-corrected chi connectivity index (χ1v) is 8.49. The maximum Gasteiger partial charge on any atom is 0.244 e. The molecule has 2 heterocycles. The van der Waals surface area contributed by atoms with Crippen LogP contribution in [-0.4, -0.2) is 29.2 Å². The summed E-state index contributed by atoms with van der Waals surface area (Å²) in [6.45, 7) is 5.96. The number of anilines is 1. The number of aromatic nitrogens is 3. The zero-order valence-electron chi connectivity index (χ0n) is 12.5. The standard InChI is InChI=1S/C13H18ClN5O2S/c1-8-4-10(3)19(17-8)7-9(2)18-22(20,21)12-5-11(14)6-16-13(12)15/h4-6,9,18H,7H2,1-3H3,(H2,15,16). The first kappa shape index (κ1) is 16.7. The molecule has 0 fully saturated rings. The number of pyridine rings is 1. The van der Waals surface area contributed by atoms with Crippen molar-refractivity contribution in [1.29, 1.82) is 0 Å². The highest BCUT2D eigenvalue weighted by molar-refractivity contribution is 7.89. The van der Waals surface area contributed by atoms with E-state index in [4.69, 9.17) is 17.3 Å². The summed E-state index contributed by atoms with van der Waals surface area (Å²) >= 11 is 5.79. The van der Waals surface area contributed by atoms with Crippen molar-refractivity contribution in [3.8, 4) is 0 Å². The highest BCUT2D eigenvalue weighted by atomic mass is 35.5. The summed E-state index contributed by atoms with van der Waals surface area (Å²) in [7, 11) is -3.80. The molecule has 0 aliphatic carbocycles. The van der Waals surface area contributed by atoms with Crippen LogP contribution in [0.1, 0.15) is 18.3 Å². The van der Waals surface area contributed by atoms with E-state index < -0.39 is 10.0 Å². The van der Waals surface area contributed by atoms with Gasteiger partial charge in [0, 0.05) is 17.9 Å². The minimum atomic E-state index is -3.80. The van der Waals surface area contributed by atoms with Crippen LogP contribution in [-0.2, 0) is 16.6 Å². The third-order valence-corrected chi connectivity index (χ3v) is 4.87. The number of hydrogen-bond acceptors (Lipinski definition) is 5. The Balaban J connectivity index is 2.18. The zero-order valence-corrected chi connectivity index (χ0v) is 14.1. The average molecular weight is 344 g/mol. The monoisotopic (exact) mass is 343 g/mol. The summed E-state index contributed by atoms with van der Waals surface area (Å²) in [5.74, 6) is -0.0878. The van der Waals surface area contributed by atoms with E-state index in [2.05, 4.69) is 14.8 Å². The highest BCUT2D eigenvalue weighted by Crippen LogP contribution is 2.20. The van der Waals surface area contributed by atoms with Gasteiger partial charge < -0.3 is 5.73 Å². The Labute approximate surface area is 134 Å². The number of halogens is 1. The van der Waals surface area contributed by atoms with E-state index in [1.165, 1.54) is 12.3 Å². The van der Waals surface area contributed by atoms with Crippen molar-refractivity contribution >= 4 is 27.4 Å². The molecule has 1 unspecified atom stereocenters. The fourth-order valence-electron chi connectivity index (χ4n) is 2.13. The van der Waals surface area contributed by atoms with Crippen LogP contribution in [0.15, 0.2) is 23.2 Å². The van der Waals surface area contributed by atoms with Crippen LogP contribution in [0.4, 0.5) is 5.82 Å². The topological polar surface area (TPSA) is 103 Å². The Bertz CT molecular complexity index is 788. The van der Waals surface area contributed by atoms with Crippen molar-refractivity contribution in [3.63, 3.8) is 0 Å². The van der Waals surface area contributed by atoms with Crippen LogP contribution in [0.3, 0.4) is 0 Å². The van der Waals surface area contributed by atoms with Crippen molar-refractivity contribution in [2.75, 3.05) is 5.73 Å². The smallest absolute Gasteiger partial charge is 0.244 e. The number of sulfonamides is 1. The van der Waals surface area contributed by atoms with Gasteiger partial charge in [-0.05, 0) is 32.9 Å². The molecule has 0 bridgehead atoms. The lowest BCUT2D eigenvalue weighted by molar-refractivity contribution is 0.485. The molecule has 0 saturated heterocycles. The van der Waals surface area contributed by atoms with Gasteiger partial charge in [-0.3, -0.25) is 4.68 Å². The van der Waals surface area contributed by atoms with E-state index in [9.17, 15) is 8.42 Å². The minimum Gasteiger partial charge on any atom is -0.383 e. The zero-order chi connectivity index (χ0) is 16.5. The molecule has 0 spiro atoms. The quantitative estimate of drug-likeness (QED) is 0.856. The van der Waals surface area contributed by atoms with Crippen LogP contribution in [0.5, 0.6) is 0 Å². The fraction of sp³-hybridized carbons (Fsp3) is 0.385. The molecule has 0 amide bonds. The van der Waals surface area contributed by atoms with Crippen molar-refractivity contribution < 1.29 is 8.42 Å². The summed E-state index contributed by atoms with van der Waals surface area (Å²) in [6, 6.07) is 2.84. The van der Waals surface area contributed by atoms with Gasteiger partial charge >= 0.3 is 0 Å². The Morgan fingerprint density at radius 1 is 1.41 bits per heavy atom. The van der Waals surface area contributed by atoms with E-state index in [1.54, 1.807) is 11.6 Å². The van der Waals surface area contributed by atoms with Crippen molar-refractivity contribution in [1.82, 2.24) is 19.5 Å². The Hall–Kier alpha value is -1.64. The predicted octanol–water partition coefficient (Wildman–Crippen LogP) is 1.50. The normalized spacial score (nSPS) is 13.3. The van der Waals surface area contributed by atoms with Crippen LogP contribution < -0.4 is 10.5 Å². The van der Waals surface area contributed by atoms with E-state index in [0.717, 1.165) is 11.4 Å². The van der Waals surface area contributed by atoms with Gasteiger partial charge in [0.05, 0.1) is 17.3 Å². The van der Waals surface area contributed by atoms with E-state index in [1.807, 2.05) is 19.9 Å². The third kappa shape index (κ3) is 3.76. The summed E-state index contributed by atoms with van der Waals surface area (Å²) < 4.78 is 29.1. The Morgan fingerprint density at radius 2 is 2.09 bits per heavy atom. The summed E-state index contributed by atoms with van der Waals surface area (Å²) in [5, 5.41) is 4.52. The number of nitrogens with one attached hydrogen (secondary N) is 1. The SMILES string of the molecule is Cc1cc(C)n(CC(C)NS(=O)(=O)c2cc(Cl)cnc2N)n1. The van der Waals surface area contributed by atoms with Crippen LogP contribution in [0.25, 0.3) is 0 Å². The van der Waals surface area contributed by atoms with E-state index in [0.29, 0.717) is 6.54 Å². The fourth-order valence-corrected chi connectivity index (χ4v) is 3.70. The van der Waals surface area contributed by atoms with Gasteiger partial charge in [-0.25, -0.2) is 18.1 Å². The molecule has 0 aliphatic heterocycles. The second-order valence-electron chi connectivity index (χ2n) is 5.17. The molecular formula is C13H18ClN5O2S. The van der Waals surface area contributed by atoms with Gasteiger partial charge in [-0.1, -0.05) is 11.6 Å². The number of nitrogen functional groups attached to an aromatic ring is 1. The number of nitrogens with zero attached hydrogens (tertiary/aromatic N) is 3. The Kier molecular flexibility index (Phi) is 4.74.